The minimum atomic E-state index is -3.69. The van der Waals surface area contributed by atoms with Crippen molar-refractivity contribution >= 4 is 27.1 Å². The SMILES string of the molecule is CC[C@@H](C)/C(C)=N\Nc1ccc(S(=O)(=O)N2CCCC2)cc1[N+](=O)[O-]. The third-order valence-corrected chi connectivity index (χ3v) is 6.44. The topological polar surface area (TPSA) is 105 Å². The molecular weight excluding hydrogens is 344 g/mol. The summed E-state index contributed by atoms with van der Waals surface area (Å²) in [7, 11) is -3.69. The van der Waals surface area contributed by atoms with Gasteiger partial charge in [-0.25, -0.2) is 8.42 Å². The van der Waals surface area contributed by atoms with Gasteiger partial charge in [-0.05, 0) is 44.2 Å². The van der Waals surface area contributed by atoms with Gasteiger partial charge in [0.05, 0.1) is 9.82 Å². The van der Waals surface area contributed by atoms with Gasteiger partial charge in [0.25, 0.3) is 5.69 Å². The molecule has 2 rings (SSSR count). The van der Waals surface area contributed by atoms with E-state index in [9.17, 15) is 18.5 Å². The Morgan fingerprint density at radius 2 is 2.04 bits per heavy atom. The molecule has 1 aromatic carbocycles. The number of nitrogens with one attached hydrogen (secondary N) is 1. The molecule has 0 aliphatic carbocycles. The number of nitro groups is 1. The van der Waals surface area contributed by atoms with E-state index >= 15 is 0 Å². The molecule has 1 atom stereocenters. The van der Waals surface area contributed by atoms with Crippen molar-refractivity contribution in [3.05, 3.63) is 28.3 Å². The first-order valence-electron chi connectivity index (χ1n) is 8.36. The Labute approximate surface area is 148 Å². The lowest BCUT2D eigenvalue weighted by molar-refractivity contribution is -0.384. The van der Waals surface area contributed by atoms with E-state index in [4.69, 9.17) is 0 Å². The van der Waals surface area contributed by atoms with Gasteiger partial charge in [0, 0.05) is 24.9 Å². The van der Waals surface area contributed by atoms with E-state index in [1.807, 2.05) is 20.8 Å². The van der Waals surface area contributed by atoms with Crippen molar-refractivity contribution in [1.82, 2.24) is 4.31 Å². The van der Waals surface area contributed by atoms with Crippen LogP contribution in [0.5, 0.6) is 0 Å². The molecule has 1 saturated heterocycles. The van der Waals surface area contributed by atoms with E-state index in [1.54, 1.807) is 0 Å². The van der Waals surface area contributed by atoms with Crippen molar-refractivity contribution in [2.75, 3.05) is 18.5 Å². The van der Waals surface area contributed by atoms with E-state index < -0.39 is 14.9 Å². The molecule has 1 aliphatic rings. The second-order valence-corrected chi connectivity index (χ2v) is 8.16. The standard InChI is InChI=1S/C16H24N4O4S/c1-4-12(2)13(3)17-18-15-8-7-14(11-16(15)20(21)22)25(23,24)19-9-5-6-10-19/h7-8,11-12,18H,4-6,9-10H2,1-3H3/b17-13-/t12-/m1/s1. The molecule has 9 heteroatoms. The predicted octanol–water partition coefficient (Wildman–Crippen LogP) is 3.21. The monoisotopic (exact) mass is 368 g/mol. The zero-order valence-electron chi connectivity index (χ0n) is 14.7. The Morgan fingerprint density at radius 1 is 1.40 bits per heavy atom. The molecule has 0 bridgehead atoms. The van der Waals surface area contributed by atoms with E-state index in [0.29, 0.717) is 13.1 Å². The highest BCUT2D eigenvalue weighted by Gasteiger charge is 2.29. The third-order valence-electron chi connectivity index (χ3n) is 4.55. The van der Waals surface area contributed by atoms with Gasteiger partial charge >= 0.3 is 0 Å². The van der Waals surface area contributed by atoms with Crippen molar-refractivity contribution in [3.63, 3.8) is 0 Å². The molecule has 8 nitrogen and oxygen atoms in total. The van der Waals surface area contributed by atoms with Crippen LogP contribution in [0.2, 0.25) is 0 Å². The molecule has 138 valence electrons. The fraction of sp³-hybridized carbons (Fsp3) is 0.562. The number of hydrazone groups is 1. The first kappa shape index (κ1) is 19.3. The fourth-order valence-corrected chi connectivity index (χ4v) is 4.09. The predicted molar refractivity (Wildman–Crippen MR) is 97.3 cm³/mol. The summed E-state index contributed by atoms with van der Waals surface area (Å²) in [5.41, 5.74) is 3.39. The number of rotatable bonds is 7. The molecule has 1 aromatic rings. The largest absolute Gasteiger partial charge is 0.295 e. The maximum absolute atomic E-state index is 12.6. The number of sulfonamides is 1. The fourth-order valence-electron chi connectivity index (χ4n) is 2.55. The van der Waals surface area contributed by atoms with Crippen LogP contribution in [-0.4, -0.2) is 36.4 Å². The number of anilines is 1. The van der Waals surface area contributed by atoms with Crippen LogP contribution in [0.4, 0.5) is 11.4 Å². The van der Waals surface area contributed by atoms with Crippen LogP contribution in [0.25, 0.3) is 0 Å². The van der Waals surface area contributed by atoms with Crippen molar-refractivity contribution in [3.8, 4) is 0 Å². The lowest BCUT2D eigenvalue weighted by Crippen LogP contribution is -2.27. The van der Waals surface area contributed by atoms with Gasteiger partial charge in [-0.15, -0.1) is 0 Å². The minimum Gasteiger partial charge on any atom is -0.272 e. The molecule has 25 heavy (non-hydrogen) atoms. The molecule has 1 fully saturated rings. The highest BCUT2D eigenvalue weighted by atomic mass is 32.2. The van der Waals surface area contributed by atoms with Gasteiger partial charge in [0.15, 0.2) is 0 Å². The molecule has 0 unspecified atom stereocenters. The van der Waals surface area contributed by atoms with Crippen LogP contribution in [0, 0.1) is 16.0 Å². The van der Waals surface area contributed by atoms with Gasteiger partial charge in [0.2, 0.25) is 10.0 Å². The average molecular weight is 368 g/mol. The first-order chi connectivity index (χ1) is 11.8. The van der Waals surface area contributed by atoms with Crippen molar-refractivity contribution in [2.45, 2.75) is 44.9 Å². The summed E-state index contributed by atoms with van der Waals surface area (Å²) < 4.78 is 26.5. The van der Waals surface area contributed by atoms with Gasteiger partial charge in [-0.2, -0.15) is 9.41 Å². The molecule has 1 heterocycles. The molecule has 0 aromatic heterocycles. The maximum atomic E-state index is 12.6. The van der Waals surface area contributed by atoms with Gasteiger partial charge in [-0.3, -0.25) is 15.5 Å². The quantitative estimate of drug-likeness (QED) is 0.452. The summed E-state index contributed by atoms with van der Waals surface area (Å²) in [6.07, 6.45) is 2.53. The lowest BCUT2D eigenvalue weighted by atomic mass is 10.1. The third kappa shape index (κ3) is 4.35. The number of hydrogen-bond acceptors (Lipinski definition) is 6. The van der Waals surface area contributed by atoms with Gasteiger partial charge in [-0.1, -0.05) is 13.8 Å². The van der Waals surface area contributed by atoms with Crippen molar-refractivity contribution in [1.29, 1.82) is 0 Å². The molecule has 0 radical (unpaired) electrons. The molecule has 1 aliphatic heterocycles. The second kappa shape index (κ2) is 7.92. The van der Waals surface area contributed by atoms with Crippen LogP contribution in [0.15, 0.2) is 28.2 Å². The zero-order valence-corrected chi connectivity index (χ0v) is 15.5. The molecule has 0 amide bonds. The summed E-state index contributed by atoms with van der Waals surface area (Å²) >= 11 is 0. The average Bonchev–Trinajstić information content (AvgIpc) is 3.14. The van der Waals surface area contributed by atoms with Crippen LogP contribution < -0.4 is 5.43 Å². The Morgan fingerprint density at radius 3 is 2.60 bits per heavy atom. The summed E-state index contributed by atoms with van der Waals surface area (Å²) in [6.45, 7) is 6.80. The molecule has 0 saturated carbocycles. The number of nitro benzene ring substituents is 1. The van der Waals surface area contributed by atoms with Crippen molar-refractivity contribution < 1.29 is 13.3 Å². The van der Waals surface area contributed by atoms with Crippen LogP contribution in [-0.2, 0) is 10.0 Å². The Balaban J connectivity index is 2.33. The number of benzene rings is 1. The summed E-state index contributed by atoms with van der Waals surface area (Å²) in [4.78, 5) is 10.7. The van der Waals surface area contributed by atoms with E-state index in [1.165, 1.54) is 16.4 Å². The summed E-state index contributed by atoms with van der Waals surface area (Å²) in [5, 5.41) is 15.5. The Bertz CT molecular complexity index is 770. The second-order valence-electron chi connectivity index (χ2n) is 6.22. The smallest absolute Gasteiger partial charge is 0.272 e. The van der Waals surface area contributed by atoms with Gasteiger partial charge < -0.3 is 0 Å². The highest BCUT2D eigenvalue weighted by molar-refractivity contribution is 7.89. The highest BCUT2D eigenvalue weighted by Crippen LogP contribution is 2.30. The Hall–Kier alpha value is -2.00. The van der Waals surface area contributed by atoms with E-state index in [0.717, 1.165) is 31.0 Å². The Kier molecular flexibility index (Phi) is 6.12. The van der Waals surface area contributed by atoms with Crippen LogP contribution >= 0.6 is 0 Å². The lowest BCUT2D eigenvalue weighted by Gasteiger charge is -2.16. The van der Waals surface area contributed by atoms with Crippen molar-refractivity contribution in [2.24, 2.45) is 11.0 Å². The van der Waals surface area contributed by atoms with E-state index in [2.05, 4.69) is 10.5 Å². The minimum absolute atomic E-state index is 0.0609. The molecular formula is C16H24N4O4S. The van der Waals surface area contributed by atoms with Gasteiger partial charge in [0.1, 0.15) is 5.69 Å². The normalized spacial score (nSPS) is 17.5. The molecule has 0 spiro atoms. The molecule has 1 N–H and O–H groups in total. The zero-order chi connectivity index (χ0) is 18.6. The summed E-state index contributed by atoms with van der Waals surface area (Å²) in [5.74, 6) is 0.251. The number of hydrogen-bond donors (Lipinski definition) is 1. The van der Waals surface area contributed by atoms with E-state index in [-0.39, 0.29) is 22.2 Å². The number of nitrogens with zero attached hydrogens (tertiary/aromatic N) is 3. The van der Waals surface area contributed by atoms with Crippen LogP contribution in [0.1, 0.15) is 40.0 Å². The first-order valence-corrected chi connectivity index (χ1v) is 9.80. The van der Waals surface area contributed by atoms with Crippen LogP contribution in [0.3, 0.4) is 0 Å². The maximum Gasteiger partial charge on any atom is 0.295 e. The summed E-state index contributed by atoms with van der Waals surface area (Å²) in [6, 6.07) is 3.88.